The van der Waals surface area contributed by atoms with E-state index >= 15 is 0 Å². The standard InChI is InChI=1S/C23H27NO6/c1-16(2)13-20(23(27)28-3)24-21(25)15-30-22(26)19-12-8-7-9-17(19)14-29-18-10-5-4-6-11-18/h4-12,16,20H,13-15H2,1-3H3,(H,24,25)/t20-/m1/s1. The topological polar surface area (TPSA) is 90.9 Å². The molecule has 0 heterocycles. The van der Waals surface area contributed by atoms with Crippen molar-refractivity contribution in [3.8, 4) is 5.75 Å². The Morgan fingerprint density at radius 3 is 2.30 bits per heavy atom. The first-order valence-electron chi connectivity index (χ1n) is 9.70. The van der Waals surface area contributed by atoms with Gasteiger partial charge in [0.1, 0.15) is 18.4 Å². The van der Waals surface area contributed by atoms with E-state index in [2.05, 4.69) is 5.32 Å². The van der Waals surface area contributed by atoms with Crippen LogP contribution >= 0.6 is 0 Å². The smallest absolute Gasteiger partial charge is 0.339 e. The van der Waals surface area contributed by atoms with Gasteiger partial charge in [-0.15, -0.1) is 0 Å². The van der Waals surface area contributed by atoms with Crippen molar-refractivity contribution in [3.05, 3.63) is 65.7 Å². The second kappa shape index (κ2) is 11.6. The van der Waals surface area contributed by atoms with Gasteiger partial charge in [-0.05, 0) is 30.5 Å². The zero-order valence-corrected chi connectivity index (χ0v) is 17.4. The molecule has 1 atom stereocenters. The molecule has 0 aliphatic heterocycles. The quantitative estimate of drug-likeness (QED) is 0.602. The molecule has 0 fully saturated rings. The zero-order chi connectivity index (χ0) is 21.9. The Labute approximate surface area is 176 Å². The van der Waals surface area contributed by atoms with Gasteiger partial charge in [0.05, 0.1) is 12.7 Å². The first-order valence-corrected chi connectivity index (χ1v) is 9.70. The van der Waals surface area contributed by atoms with Gasteiger partial charge in [-0.2, -0.15) is 0 Å². The Bertz CT molecular complexity index is 850. The van der Waals surface area contributed by atoms with Crippen molar-refractivity contribution in [2.24, 2.45) is 5.92 Å². The Kier molecular flexibility index (Phi) is 8.87. The summed E-state index contributed by atoms with van der Waals surface area (Å²) in [5.74, 6) is -0.896. The molecule has 0 unspecified atom stereocenters. The number of esters is 2. The number of amides is 1. The summed E-state index contributed by atoms with van der Waals surface area (Å²) in [5.41, 5.74) is 0.951. The molecule has 160 valence electrons. The molecule has 0 bridgehead atoms. The van der Waals surface area contributed by atoms with Gasteiger partial charge in [0.15, 0.2) is 6.61 Å². The van der Waals surface area contributed by atoms with Gasteiger partial charge >= 0.3 is 11.9 Å². The molecule has 2 rings (SSSR count). The zero-order valence-electron chi connectivity index (χ0n) is 17.4. The fraction of sp³-hybridized carbons (Fsp3) is 0.348. The number of rotatable bonds is 10. The van der Waals surface area contributed by atoms with Crippen molar-refractivity contribution in [2.75, 3.05) is 13.7 Å². The predicted octanol–water partition coefficient (Wildman–Crippen LogP) is 3.13. The third-order valence-electron chi connectivity index (χ3n) is 4.24. The van der Waals surface area contributed by atoms with Gasteiger partial charge in [0, 0.05) is 5.56 Å². The first kappa shape index (κ1) is 22.9. The van der Waals surface area contributed by atoms with Crippen molar-refractivity contribution >= 4 is 17.8 Å². The Morgan fingerprint density at radius 1 is 0.967 bits per heavy atom. The van der Waals surface area contributed by atoms with Gasteiger partial charge in [-0.3, -0.25) is 4.79 Å². The second-order valence-electron chi connectivity index (χ2n) is 7.11. The highest BCUT2D eigenvalue weighted by Crippen LogP contribution is 2.15. The molecule has 30 heavy (non-hydrogen) atoms. The molecule has 0 aliphatic carbocycles. The Morgan fingerprint density at radius 2 is 1.63 bits per heavy atom. The minimum atomic E-state index is -0.784. The molecule has 7 nitrogen and oxygen atoms in total. The summed E-state index contributed by atoms with van der Waals surface area (Å²) in [4.78, 5) is 36.5. The van der Waals surface area contributed by atoms with Gasteiger partial charge < -0.3 is 19.5 Å². The number of carbonyl (C=O) groups is 3. The molecule has 0 aliphatic rings. The van der Waals surface area contributed by atoms with Crippen LogP contribution in [0.5, 0.6) is 5.75 Å². The highest BCUT2D eigenvalue weighted by atomic mass is 16.5. The molecular formula is C23H27NO6. The monoisotopic (exact) mass is 413 g/mol. The lowest BCUT2D eigenvalue weighted by molar-refractivity contribution is -0.145. The van der Waals surface area contributed by atoms with Crippen LogP contribution in [0.15, 0.2) is 54.6 Å². The number of ether oxygens (including phenoxy) is 3. The summed E-state index contributed by atoms with van der Waals surface area (Å²) >= 11 is 0. The lowest BCUT2D eigenvalue weighted by Gasteiger charge is -2.18. The average Bonchev–Trinajstić information content (AvgIpc) is 2.75. The van der Waals surface area contributed by atoms with E-state index in [0.717, 1.165) is 0 Å². The molecule has 0 radical (unpaired) electrons. The van der Waals surface area contributed by atoms with Crippen LogP contribution in [0.2, 0.25) is 0 Å². The number of carbonyl (C=O) groups excluding carboxylic acids is 3. The third kappa shape index (κ3) is 7.24. The Balaban J connectivity index is 1.94. The Hall–Kier alpha value is -3.35. The van der Waals surface area contributed by atoms with Crippen LogP contribution in [0.3, 0.4) is 0 Å². The summed E-state index contributed by atoms with van der Waals surface area (Å²) in [6, 6.07) is 15.3. The van der Waals surface area contributed by atoms with Crippen LogP contribution in [0.25, 0.3) is 0 Å². The summed E-state index contributed by atoms with van der Waals surface area (Å²) in [5, 5.41) is 2.55. The largest absolute Gasteiger partial charge is 0.489 e. The normalized spacial score (nSPS) is 11.5. The molecule has 0 saturated heterocycles. The van der Waals surface area contributed by atoms with E-state index < -0.39 is 30.5 Å². The van der Waals surface area contributed by atoms with Crippen LogP contribution in [0, 0.1) is 5.92 Å². The number of methoxy groups -OCH3 is 1. The highest BCUT2D eigenvalue weighted by Gasteiger charge is 2.23. The van der Waals surface area contributed by atoms with Gasteiger partial charge in [0.2, 0.25) is 0 Å². The maximum atomic E-state index is 12.5. The van der Waals surface area contributed by atoms with E-state index in [1.807, 2.05) is 44.2 Å². The minimum Gasteiger partial charge on any atom is -0.489 e. The van der Waals surface area contributed by atoms with Crippen molar-refractivity contribution in [1.82, 2.24) is 5.32 Å². The maximum absolute atomic E-state index is 12.5. The van der Waals surface area contributed by atoms with E-state index in [1.54, 1.807) is 24.3 Å². The lowest BCUT2D eigenvalue weighted by atomic mass is 10.0. The van der Waals surface area contributed by atoms with Gasteiger partial charge in [0.25, 0.3) is 5.91 Å². The summed E-state index contributed by atoms with van der Waals surface area (Å²) in [6.45, 7) is 3.53. The molecule has 0 saturated carbocycles. The van der Waals surface area contributed by atoms with Crippen LogP contribution in [-0.4, -0.2) is 37.6 Å². The molecule has 1 amide bonds. The number of nitrogens with one attached hydrogen (secondary N) is 1. The van der Waals surface area contributed by atoms with Crippen LogP contribution < -0.4 is 10.1 Å². The first-order chi connectivity index (χ1) is 14.4. The number of hydrogen-bond donors (Lipinski definition) is 1. The van der Waals surface area contributed by atoms with Crippen LogP contribution in [0.1, 0.15) is 36.2 Å². The van der Waals surface area contributed by atoms with E-state index in [0.29, 0.717) is 23.3 Å². The third-order valence-corrected chi connectivity index (χ3v) is 4.24. The summed E-state index contributed by atoms with van der Waals surface area (Å²) in [6.07, 6.45) is 0.423. The van der Waals surface area contributed by atoms with Gasteiger partial charge in [-0.1, -0.05) is 50.2 Å². The fourth-order valence-electron chi connectivity index (χ4n) is 2.80. The molecule has 2 aromatic carbocycles. The van der Waals surface area contributed by atoms with Crippen LogP contribution in [0.4, 0.5) is 0 Å². The second-order valence-corrected chi connectivity index (χ2v) is 7.11. The van der Waals surface area contributed by atoms with Crippen LogP contribution in [-0.2, 0) is 25.7 Å². The average molecular weight is 413 g/mol. The number of para-hydroxylation sites is 1. The molecule has 1 N–H and O–H groups in total. The fourth-order valence-corrected chi connectivity index (χ4v) is 2.80. The number of benzene rings is 2. The number of hydrogen-bond acceptors (Lipinski definition) is 6. The summed E-state index contributed by atoms with van der Waals surface area (Å²) < 4.78 is 15.6. The molecule has 0 spiro atoms. The van der Waals surface area contributed by atoms with E-state index in [4.69, 9.17) is 14.2 Å². The minimum absolute atomic E-state index is 0.174. The molecule has 7 heteroatoms. The molecule has 0 aromatic heterocycles. The van der Waals surface area contributed by atoms with Crippen molar-refractivity contribution in [3.63, 3.8) is 0 Å². The molecule has 2 aromatic rings. The van der Waals surface area contributed by atoms with E-state index in [1.165, 1.54) is 7.11 Å². The highest BCUT2D eigenvalue weighted by molar-refractivity contribution is 5.93. The van der Waals surface area contributed by atoms with E-state index in [9.17, 15) is 14.4 Å². The van der Waals surface area contributed by atoms with Crippen molar-refractivity contribution in [1.29, 1.82) is 0 Å². The maximum Gasteiger partial charge on any atom is 0.339 e. The van der Waals surface area contributed by atoms with Gasteiger partial charge in [-0.25, -0.2) is 9.59 Å². The SMILES string of the molecule is COC(=O)[C@@H](CC(C)C)NC(=O)COC(=O)c1ccccc1COc1ccccc1. The molecular weight excluding hydrogens is 386 g/mol. The summed E-state index contributed by atoms with van der Waals surface area (Å²) in [7, 11) is 1.26. The van der Waals surface area contributed by atoms with Crippen molar-refractivity contribution in [2.45, 2.75) is 32.9 Å². The van der Waals surface area contributed by atoms with Crippen molar-refractivity contribution < 1.29 is 28.6 Å². The lowest BCUT2D eigenvalue weighted by Crippen LogP contribution is -2.44. The predicted molar refractivity (Wildman–Crippen MR) is 111 cm³/mol. The van der Waals surface area contributed by atoms with E-state index in [-0.39, 0.29) is 12.5 Å².